The Morgan fingerprint density at radius 2 is 2.05 bits per heavy atom. The van der Waals surface area contributed by atoms with Gasteiger partial charge < -0.3 is 4.90 Å². The second kappa shape index (κ2) is 5.84. The molecule has 0 N–H and O–H groups in total. The Morgan fingerprint density at radius 3 is 2.67 bits per heavy atom. The first kappa shape index (κ1) is 14.2. The van der Waals surface area contributed by atoms with E-state index >= 15 is 0 Å². The van der Waals surface area contributed by atoms with E-state index in [0.29, 0.717) is 23.2 Å². The van der Waals surface area contributed by atoms with Gasteiger partial charge in [0.2, 0.25) is 0 Å². The first-order valence-corrected chi connectivity index (χ1v) is 6.04. The van der Waals surface area contributed by atoms with E-state index in [-0.39, 0.29) is 11.3 Å². The highest BCUT2D eigenvalue weighted by Crippen LogP contribution is 2.33. The number of anilines is 2. The summed E-state index contributed by atoms with van der Waals surface area (Å²) in [5.41, 5.74) is 1.54. The molecule has 0 saturated carbocycles. The topological polar surface area (TPSA) is 87.2 Å². The highest BCUT2D eigenvalue weighted by molar-refractivity contribution is 5.81. The van der Waals surface area contributed by atoms with Crippen molar-refractivity contribution in [3.05, 3.63) is 63.7 Å². The zero-order valence-electron chi connectivity index (χ0n) is 11.2. The summed E-state index contributed by atoms with van der Waals surface area (Å²) in [5.74, 6) is 0. The summed E-state index contributed by atoms with van der Waals surface area (Å²) in [7, 11) is 1.67. The van der Waals surface area contributed by atoms with E-state index in [1.165, 1.54) is 18.2 Å². The van der Waals surface area contributed by atoms with E-state index in [4.69, 9.17) is 5.26 Å². The van der Waals surface area contributed by atoms with Crippen molar-refractivity contribution >= 4 is 23.3 Å². The molecule has 0 aliphatic carbocycles. The highest BCUT2D eigenvalue weighted by Gasteiger charge is 2.19. The average Bonchev–Trinajstić information content (AvgIpc) is 2.53. The lowest BCUT2D eigenvalue weighted by molar-refractivity contribution is -0.384. The van der Waals surface area contributed by atoms with Gasteiger partial charge in [-0.3, -0.25) is 14.9 Å². The summed E-state index contributed by atoms with van der Waals surface area (Å²) >= 11 is 0. The SMILES string of the molecule is CN(c1cccc(C#N)c1)c1ccc(C=O)cc1[N+](=O)[O-]. The van der Waals surface area contributed by atoms with Gasteiger partial charge in [-0.25, -0.2) is 0 Å². The quantitative estimate of drug-likeness (QED) is 0.488. The molecule has 2 aromatic carbocycles. The van der Waals surface area contributed by atoms with E-state index in [2.05, 4.69) is 0 Å². The number of carbonyl (C=O) groups excluding carboxylic acids is 1. The monoisotopic (exact) mass is 281 g/mol. The van der Waals surface area contributed by atoms with Crippen LogP contribution in [-0.4, -0.2) is 18.3 Å². The Morgan fingerprint density at radius 1 is 1.29 bits per heavy atom. The Bertz CT molecular complexity index is 750. The van der Waals surface area contributed by atoms with Crippen molar-refractivity contribution in [3.63, 3.8) is 0 Å². The van der Waals surface area contributed by atoms with Crippen LogP contribution >= 0.6 is 0 Å². The molecule has 0 spiro atoms. The van der Waals surface area contributed by atoms with Gasteiger partial charge in [0.05, 0.1) is 16.6 Å². The summed E-state index contributed by atoms with van der Waals surface area (Å²) in [6.07, 6.45) is 0.563. The summed E-state index contributed by atoms with van der Waals surface area (Å²) in [5, 5.41) is 20.1. The molecule has 0 bridgehead atoms. The van der Waals surface area contributed by atoms with E-state index in [1.807, 2.05) is 6.07 Å². The molecule has 6 heteroatoms. The number of nitro groups is 1. The smallest absolute Gasteiger partial charge is 0.293 e. The number of benzene rings is 2. The second-order valence-corrected chi connectivity index (χ2v) is 4.34. The van der Waals surface area contributed by atoms with Gasteiger partial charge in [-0.2, -0.15) is 5.26 Å². The largest absolute Gasteiger partial charge is 0.339 e. The Balaban J connectivity index is 2.52. The maximum absolute atomic E-state index is 11.2. The van der Waals surface area contributed by atoms with Crippen molar-refractivity contribution in [2.24, 2.45) is 0 Å². The van der Waals surface area contributed by atoms with Crippen molar-refractivity contribution in [3.8, 4) is 6.07 Å². The van der Waals surface area contributed by atoms with Gasteiger partial charge in [-0.1, -0.05) is 6.07 Å². The minimum absolute atomic E-state index is 0.163. The fourth-order valence-corrected chi connectivity index (χ4v) is 1.97. The zero-order chi connectivity index (χ0) is 15.4. The van der Waals surface area contributed by atoms with E-state index in [9.17, 15) is 14.9 Å². The highest BCUT2D eigenvalue weighted by atomic mass is 16.6. The van der Waals surface area contributed by atoms with E-state index in [0.717, 1.165) is 0 Å². The van der Waals surface area contributed by atoms with Crippen LogP contribution in [0.1, 0.15) is 15.9 Å². The van der Waals surface area contributed by atoms with Gasteiger partial charge in [0.1, 0.15) is 12.0 Å². The Labute approximate surface area is 121 Å². The number of nitriles is 1. The Hall–Kier alpha value is -3.20. The van der Waals surface area contributed by atoms with Crippen molar-refractivity contribution < 1.29 is 9.72 Å². The third-order valence-corrected chi connectivity index (χ3v) is 3.06. The number of nitrogens with zero attached hydrogens (tertiary/aromatic N) is 3. The summed E-state index contributed by atoms with van der Waals surface area (Å²) < 4.78 is 0. The van der Waals surface area contributed by atoms with Crippen LogP contribution in [0.4, 0.5) is 17.1 Å². The fourth-order valence-electron chi connectivity index (χ4n) is 1.97. The first-order chi connectivity index (χ1) is 10.1. The van der Waals surface area contributed by atoms with Gasteiger partial charge in [0.15, 0.2) is 0 Å². The number of carbonyl (C=O) groups is 1. The van der Waals surface area contributed by atoms with Gasteiger partial charge in [-0.15, -0.1) is 0 Å². The molecule has 0 aromatic heterocycles. The van der Waals surface area contributed by atoms with Crippen LogP contribution in [-0.2, 0) is 0 Å². The zero-order valence-corrected chi connectivity index (χ0v) is 11.2. The molecule has 0 atom stereocenters. The van der Waals surface area contributed by atoms with Gasteiger partial charge in [0.25, 0.3) is 5.69 Å². The Kier molecular flexibility index (Phi) is 3.95. The lowest BCUT2D eigenvalue weighted by atomic mass is 10.1. The molecular formula is C15H11N3O3. The van der Waals surface area contributed by atoms with Crippen LogP contribution in [0, 0.1) is 21.4 Å². The van der Waals surface area contributed by atoms with Crippen LogP contribution in [0.2, 0.25) is 0 Å². The first-order valence-electron chi connectivity index (χ1n) is 6.04. The molecule has 0 amide bonds. The molecule has 0 saturated heterocycles. The van der Waals surface area contributed by atoms with Crippen LogP contribution in [0.3, 0.4) is 0 Å². The lowest BCUT2D eigenvalue weighted by Gasteiger charge is -2.19. The standard InChI is InChI=1S/C15H11N3O3/c1-17(13-4-2-3-11(7-13)9-16)14-6-5-12(10-19)8-15(14)18(20)21/h2-8,10H,1H3. The van der Waals surface area contributed by atoms with Gasteiger partial charge >= 0.3 is 0 Å². The molecule has 104 valence electrons. The number of rotatable bonds is 4. The van der Waals surface area contributed by atoms with Gasteiger partial charge in [-0.05, 0) is 30.3 Å². The van der Waals surface area contributed by atoms with Crippen LogP contribution in [0.25, 0.3) is 0 Å². The maximum atomic E-state index is 11.2. The molecular weight excluding hydrogens is 270 g/mol. The third-order valence-electron chi connectivity index (χ3n) is 3.06. The maximum Gasteiger partial charge on any atom is 0.293 e. The molecule has 2 rings (SSSR count). The molecule has 21 heavy (non-hydrogen) atoms. The van der Waals surface area contributed by atoms with E-state index in [1.54, 1.807) is 36.2 Å². The number of hydrogen-bond acceptors (Lipinski definition) is 5. The summed E-state index contributed by atoms with van der Waals surface area (Å²) in [6.45, 7) is 0. The molecule has 2 aromatic rings. The normalized spacial score (nSPS) is 9.71. The second-order valence-electron chi connectivity index (χ2n) is 4.34. The molecule has 0 unspecified atom stereocenters. The molecule has 0 heterocycles. The van der Waals surface area contributed by atoms with Crippen molar-refractivity contribution in [2.75, 3.05) is 11.9 Å². The lowest BCUT2D eigenvalue weighted by Crippen LogP contribution is -2.12. The third kappa shape index (κ3) is 2.87. The predicted octanol–water partition coefficient (Wildman–Crippen LogP) is 3.05. The van der Waals surface area contributed by atoms with E-state index < -0.39 is 4.92 Å². The summed E-state index contributed by atoms with van der Waals surface area (Å²) in [6, 6.07) is 13.0. The van der Waals surface area contributed by atoms with Crippen LogP contribution in [0.15, 0.2) is 42.5 Å². The number of hydrogen-bond donors (Lipinski definition) is 0. The van der Waals surface area contributed by atoms with Crippen LogP contribution in [0.5, 0.6) is 0 Å². The molecule has 0 fully saturated rings. The number of nitro benzene ring substituents is 1. The van der Waals surface area contributed by atoms with Crippen molar-refractivity contribution in [1.82, 2.24) is 0 Å². The fraction of sp³-hybridized carbons (Fsp3) is 0.0667. The average molecular weight is 281 g/mol. The van der Waals surface area contributed by atoms with Gasteiger partial charge in [0, 0.05) is 24.4 Å². The summed E-state index contributed by atoms with van der Waals surface area (Å²) in [4.78, 5) is 23.0. The molecule has 0 radical (unpaired) electrons. The predicted molar refractivity (Wildman–Crippen MR) is 77.7 cm³/mol. The molecule has 6 nitrogen and oxygen atoms in total. The minimum atomic E-state index is -0.535. The van der Waals surface area contributed by atoms with Crippen molar-refractivity contribution in [2.45, 2.75) is 0 Å². The molecule has 0 aliphatic heterocycles. The molecule has 0 aliphatic rings. The number of aldehydes is 1. The van der Waals surface area contributed by atoms with Crippen molar-refractivity contribution in [1.29, 1.82) is 5.26 Å². The van der Waals surface area contributed by atoms with Crippen LogP contribution < -0.4 is 4.90 Å². The minimum Gasteiger partial charge on any atom is -0.339 e.